The zero-order valence-electron chi connectivity index (χ0n) is 11.1. The number of nitrogens with one attached hydrogen (secondary N) is 1. The van der Waals surface area contributed by atoms with Gasteiger partial charge in [0.15, 0.2) is 0 Å². The topological polar surface area (TPSA) is 78.6 Å². The monoisotopic (exact) mass is 251 g/mol. The third-order valence-electron chi connectivity index (χ3n) is 2.43. The summed E-state index contributed by atoms with van der Waals surface area (Å²) in [7, 11) is 1.92. The number of hydrazine groups is 1. The van der Waals surface area contributed by atoms with Gasteiger partial charge in [-0.2, -0.15) is 0 Å². The van der Waals surface area contributed by atoms with Crippen LogP contribution in [0.1, 0.15) is 29.8 Å². The summed E-state index contributed by atoms with van der Waals surface area (Å²) in [6.07, 6.45) is 0. The Morgan fingerprint density at radius 3 is 2.72 bits per heavy atom. The molecule has 0 saturated heterocycles. The van der Waals surface area contributed by atoms with Gasteiger partial charge in [-0.25, -0.2) is 5.84 Å². The number of nitrogen functional groups attached to an aromatic ring is 1. The van der Waals surface area contributed by atoms with E-state index in [0.29, 0.717) is 18.7 Å². The van der Waals surface area contributed by atoms with Crippen LogP contribution in [0.5, 0.6) is 0 Å². The zero-order valence-corrected chi connectivity index (χ0v) is 11.1. The van der Waals surface area contributed by atoms with E-state index in [0.717, 1.165) is 5.56 Å². The maximum Gasteiger partial charge on any atom is 0.265 e. The molecule has 18 heavy (non-hydrogen) atoms. The van der Waals surface area contributed by atoms with Crippen LogP contribution in [0.25, 0.3) is 0 Å². The highest BCUT2D eigenvalue weighted by atomic mass is 16.3. The van der Waals surface area contributed by atoms with E-state index in [2.05, 4.69) is 5.43 Å². The summed E-state index contributed by atoms with van der Waals surface area (Å²) < 4.78 is 0. The molecule has 1 aromatic carbocycles. The molecule has 0 fully saturated rings. The Bertz CT molecular complexity index is 413. The Labute approximate surface area is 108 Å². The number of aliphatic hydroxyl groups is 1. The number of amides is 1. The van der Waals surface area contributed by atoms with E-state index in [4.69, 9.17) is 5.84 Å². The number of carbonyl (C=O) groups excluding carboxylic acids is 1. The van der Waals surface area contributed by atoms with Gasteiger partial charge in [-0.15, -0.1) is 0 Å². The lowest BCUT2D eigenvalue weighted by atomic mass is 10.1. The molecule has 1 amide bonds. The average Bonchev–Trinajstić information content (AvgIpc) is 2.25. The molecular weight excluding hydrogens is 230 g/mol. The number of hydrogen-bond donors (Lipinski definition) is 3. The minimum Gasteiger partial charge on any atom is -0.389 e. The van der Waals surface area contributed by atoms with Crippen molar-refractivity contribution in [2.24, 2.45) is 5.84 Å². The van der Waals surface area contributed by atoms with E-state index in [9.17, 15) is 9.90 Å². The Kier molecular flexibility index (Phi) is 4.84. The number of likely N-dealkylation sites (N-methyl/N-ethyl adjacent to an activating group) is 1. The van der Waals surface area contributed by atoms with Gasteiger partial charge in [0.1, 0.15) is 0 Å². The molecule has 5 heteroatoms. The highest BCUT2D eigenvalue weighted by Gasteiger charge is 2.15. The van der Waals surface area contributed by atoms with Crippen molar-refractivity contribution in [1.29, 1.82) is 0 Å². The summed E-state index contributed by atoms with van der Waals surface area (Å²) >= 11 is 0. The molecule has 1 rings (SSSR count). The lowest BCUT2D eigenvalue weighted by Gasteiger charge is -2.25. The molecule has 100 valence electrons. The summed E-state index contributed by atoms with van der Waals surface area (Å²) in [4.78, 5) is 13.4. The first kappa shape index (κ1) is 14.6. The van der Waals surface area contributed by atoms with Crippen LogP contribution in [0.4, 0.5) is 0 Å². The smallest absolute Gasteiger partial charge is 0.265 e. The molecule has 0 aliphatic heterocycles. The van der Waals surface area contributed by atoms with Gasteiger partial charge in [0.2, 0.25) is 0 Å². The molecule has 0 spiro atoms. The first-order valence-corrected chi connectivity index (χ1v) is 5.82. The van der Waals surface area contributed by atoms with E-state index in [1.165, 1.54) is 0 Å². The minimum absolute atomic E-state index is 0.304. The van der Waals surface area contributed by atoms with Crippen molar-refractivity contribution in [3.63, 3.8) is 0 Å². The molecule has 1 aromatic rings. The lowest BCUT2D eigenvalue weighted by molar-refractivity contribution is 0.0424. The van der Waals surface area contributed by atoms with Crippen molar-refractivity contribution < 1.29 is 9.90 Å². The van der Waals surface area contributed by atoms with E-state index in [1.807, 2.05) is 24.1 Å². The Balaban J connectivity index is 2.70. The zero-order chi connectivity index (χ0) is 13.8. The fourth-order valence-corrected chi connectivity index (χ4v) is 1.92. The summed E-state index contributed by atoms with van der Waals surface area (Å²) in [6.45, 7) is 4.75. The molecule has 0 heterocycles. The van der Waals surface area contributed by atoms with Crippen LogP contribution in [0.2, 0.25) is 0 Å². The molecule has 0 aromatic heterocycles. The van der Waals surface area contributed by atoms with Crippen LogP contribution in [0.3, 0.4) is 0 Å². The number of rotatable bonds is 5. The standard InChI is InChI=1S/C13H21N3O2/c1-13(2,18)9-16(3)8-10-5-4-6-11(7-10)12(17)15-14/h4-7,18H,8-9,14H2,1-3H3,(H,15,17). The number of hydrogen-bond acceptors (Lipinski definition) is 4. The van der Waals surface area contributed by atoms with Crippen molar-refractivity contribution in [3.05, 3.63) is 35.4 Å². The molecule has 0 aliphatic rings. The number of carbonyl (C=O) groups is 1. The molecule has 0 radical (unpaired) electrons. The molecule has 0 unspecified atom stereocenters. The quantitative estimate of drug-likeness (QED) is 0.404. The number of benzene rings is 1. The van der Waals surface area contributed by atoms with Crippen molar-refractivity contribution in [2.45, 2.75) is 26.0 Å². The molecule has 5 nitrogen and oxygen atoms in total. The van der Waals surface area contributed by atoms with Gasteiger partial charge in [-0.3, -0.25) is 15.1 Å². The summed E-state index contributed by atoms with van der Waals surface area (Å²) in [5.41, 5.74) is 2.91. The average molecular weight is 251 g/mol. The maximum atomic E-state index is 11.4. The second-order valence-corrected chi connectivity index (χ2v) is 5.16. The predicted octanol–water partition coefficient (Wildman–Crippen LogP) is 0.493. The van der Waals surface area contributed by atoms with Crippen LogP contribution < -0.4 is 11.3 Å². The molecule has 0 bridgehead atoms. The number of nitrogens with two attached hydrogens (primary N) is 1. The van der Waals surface area contributed by atoms with Gasteiger partial charge >= 0.3 is 0 Å². The second kappa shape index (κ2) is 5.95. The second-order valence-electron chi connectivity index (χ2n) is 5.16. The van der Waals surface area contributed by atoms with Gasteiger partial charge in [-0.1, -0.05) is 12.1 Å². The molecular formula is C13H21N3O2. The van der Waals surface area contributed by atoms with Crippen molar-refractivity contribution in [2.75, 3.05) is 13.6 Å². The van der Waals surface area contributed by atoms with Crippen molar-refractivity contribution in [3.8, 4) is 0 Å². The molecule has 4 N–H and O–H groups in total. The largest absolute Gasteiger partial charge is 0.389 e. The summed E-state index contributed by atoms with van der Waals surface area (Å²) in [5.74, 6) is 4.79. The van der Waals surface area contributed by atoms with Gasteiger partial charge in [0.05, 0.1) is 5.60 Å². The first-order chi connectivity index (χ1) is 8.31. The molecule has 0 atom stereocenters. The first-order valence-electron chi connectivity index (χ1n) is 5.82. The van der Waals surface area contributed by atoms with E-state index < -0.39 is 5.60 Å². The maximum absolute atomic E-state index is 11.4. The Morgan fingerprint density at radius 1 is 1.50 bits per heavy atom. The fraction of sp³-hybridized carbons (Fsp3) is 0.462. The Morgan fingerprint density at radius 2 is 2.17 bits per heavy atom. The van der Waals surface area contributed by atoms with Crippen LogP contribution >= 0.6 is 0 Å². The molecule has 0 aliphatic carbocycles. The summed E-state index contributed by atoms with van der Waals surface area (Å²) in [6, 6.07) is 7.26. The third kappa shape index (κ3) is 4.83. The highest BCUT2D eigenvalue weighted by Crippen LogP contribution is 2.10. The lowest BCUT2D eigenvalue weighted by Crippen LogP contribution is -2.35. The van der Waals surface area contributed by atoms with Crippen LogP contribution in [0.15, 0.2) is 24.3 Å². The van der Waals surface area contributed by atoms with Crippen LogP contribution in [0, 0.1) is 0 Å². The fourth-order valence-electron chi connectivity index (χ4n) is 1.92. The van der Waals surface area contributed by atoms with E-state index >= 15 is 0 Å². The normalized spacial score (nSPS) is 11.7. The van der Waals surface area contributed by atoms with Gasteiger partial charge < -0.3 is 5.11 Å². The van der Waals surface area contributed by atoms with Crippen molar-refractivity contribution >= 4 is 5.91 Å². The third-order valence-corrected chi connectivity index (χ3v) is 2.43. The van der Waals surface area contributed by atoms with Crippen LogP contribution in [-0.4, -0.2) is 35.1 Å². The van der Waals surface area contributed by atoms with Gasteiger partial charge in [-0.05, 0) is 38.6 Å². The van der Waals surface area contributed by atoms with Gasteiger partial charge in [0.25, 0.3) is 5.91 Å². The summed E-state index contributed by atoms with van der Waals surface area (Å²) in [5, 5.41) is 9.72. The Hall–Kier alpha value is -1.43. The minimum atomic E-state index is -0.735. The van der Waals surface area contributed by atoms with E-state index in [1.54, 1.807) is 26.0 Å². The highest BCUT2D eigenvalue weighted by molar-refractivity contribution is 5.93. The molecule has 0 saturated carbocycles. The predicted molar refractivity (Wildman–Crippen MR) is 70.7 cm³/mol. The van der Waals surface area contributed by atoms with Crippen LogP contribution in [-0.2, 0) is 6.54 Å². The number of nitrogens with zero attached hydrogens (tertiary/aromatic N) is 1. The van der Waals surface area contributed by atoms with Gasteiger partial charge in [0, 0.05) is 18.7 Å². The van der Waals surface area contributed by atoms with Crippen molar-refractivity contribution in [1.82, 2.24) is 10.3 Å². The van der Waals surface area contributed by atoms with E-state index in [-0.39, 0.29) is 5.91 Å². The SMILES string of the molecule is CN(Cc1cccc(C(=O)NN)c1)CC(C)(C)O.